The van der Waals surface area contributed by atoms with E-state index in [2.05, 4.69) is 44.9 Å². The Kier molecular flexibility index (Phi) is 7.11. The van der Waals surface area contributed by atoms with E-state index < -0.39 is 0 Å². The Labute approximate surface area is 258 Å². The number of nitrogens with two attached hydrogens (primary N) is 2. The Morgan fingerprint density at radius 3 is 2.40 bits per heavy atom. The quantitative estimate of drug-likeness (QED) is 0.195. The van der Waals surface area contributed by atoms with Crippen molar-refractivity contribution in [1.82, 2.24) is 24.5 Å². The molecule has 0 radical (unpaired) electrons. The number of aromatic hydroxyl groups is 1. The van der Waals surface area contributed by atoms with Gasteiger partial charge in [0.15, 0.2) is 17.8 Å². The molecule has 45 heavy (non-hydrogen) atoms. The molecule has 0 amide bonds. The maximum atomic E-state index is 10.7. The first-order chi connectivity index (χ1) is 22.0. The molecule has 1 aliphatic carbocycles. The number of anilines is 2. The van der Waals surface area contributed by atoms with Crippen LogP contribution in [-0.2, 0) is 12.8 Å². The summed E-state index contributed by atoms with van der Waals surface area (Å²) in [6.07, 6.45) is 7.29. The molecule has 0 atom stereocenters. The highest BCUT2D eigenvalue weighted by Crippen LogP contribution is 2.33. The van der Waals surface area contributed by atoms with Gasteiger partial charge in [-0.3, -0.25) is 9.36 Å². The summed E-state index contributed by atoms with van der Waals surface area (Å²) in [4.78, 5) is 28.9. The Morgan fingerprint density at radius 1 is 0.756 bits per heavy atom. The highest BCUT2D eigenvalue weighted by molar-refractivity contribution is 6.04. The number of fused-ring (bicyclic) bond motifs is 3. The first-order valence-corrected chi connectivity index (χ1v) is 14.6. The van der Waals surface area contributed by atoms with Crippen LogP contribution in [0.25, 0.3) is 50.3 Å². The Morgan fingerprint density at radius 2 is 1.58 bits per heavy atom. The number of phenolic OH excluding ortho intramolecular Hbond substituents is 1. The van der Waals surface area contributed by atoms with Crippen LogP contribution in [0.4, 0.5) is 11.6 Å². The van der Waals surface area contributed by atoms with E-state index in [-0.39, 0.29) is 11.3 Å². The predicted octanol–water partition coefficient (Wildman–Crippen LogP) is 6.56. The number of nitrogen functional groups attached to an aromatic ring is 2. The molecule has 0 bridgehead atoms. The highest BCUT2D eigenvalue weighted by Gasteiger charge is 2.20. The minimum Gasteiger partial charge on any atom is -0.507 e. The van der Waals surface area contributed by atoms with E-state index in [4.69, 9.17) is 21.4 Å². The van der Waals surface area contributed by atoms with Crippen molar-refractivity contribution in [3.63, 3.8) is 0 Å². The largest absolute Gasteiger partial charge is 0.507 e. The molecule has 220 valence electrons. The number of hydrogen-bond acceptors (Lipinski definition) is 8. The first kappa shape index (κ1) is 27.7. The topological polar surface area (TPSA) is 146 Å². The van der Waals surface area contributed by atoms with Crippen molar-refractivity contribution in [2.24, 2.45) is 0 Å². The molecule has 0 spiro atoms. The molecule has 5 N–H and O–H groups in total. The number of phenols is 1. The Bertz CT molecular complexity index is 2210. The van der Waals surface area contributed by atoms with Crippen molar-refractivity contribution < 1.29 is 9.90 Å². The van der Waals surface area contributed by atoms with Gasteiger partial charge in [0, 0.05) is 34.4 Å². The van der Waals surface area contributed by atoms with Gasteiger partial charge < -0.3 is 16.6 Å². The van der Waals surface area contributed by atoms with Crippen molar-refractivity contribution in [3.8, 4) is 34.1 Å². The van der Waals surface area contributed by atoms with Crippen LogP contribution in [0.5, 0.6) is 5.75 Å². The summed E-state index contributed by atoms with van der Waals surface area (Å²) in [5.41, 5.74) is 20.5. The van der Waals surface area contributed by atoms with E-state index in [1.165, 1.54) is 29.8 Å². The van der Waals surface area contributed by atoms with Crippen LogP contribution in [0.2, 0.25) is 0 Å². The third kappa shape index (κ3) is 5.10. The van der Waals surface area contributed by atoms with Crippen molar-refractivity contribution in [2.45, 2.75) is 19.3 Å². The van der Waals surface area contributed by atoms with Gasteiger partial charge in [0.05, 0.1) is 16.8 Å². The summed E-state index contributed by atoms with van der Waals surface area (Å²) in [7, 11) is 0. The molecule has 0 aliphatic heterocycles. The number of rotatable bonds is 4. The maximum absolute atomic E-state index is 10.7. The smallest absolute Gasteiger partial charge is 0.165 e. The SMILES string of the molecule is Nc1nccc2c(C=O)c(O)ccc12.Nc1ncccc1-c1nc2ccc(-c3ccccc3)nc2n1-c1ccc2c(c1)CCC2. The van der Waals surface area contributed by atoms with Crippen molar-refractivity contribution in [3.05, 3.63) is 120 Å². The predicted molar refractivity (Wildman–Crippen MR) is 177 cm³/mol. The second-order valence-corrected chi connectivity index (χ2v) is 10.8. The van der Waals surface area contributed by atoms with Gasteiger partial charge in [-0.15, -0.1) is 0 Å². The number of aryl methyl sites for hydroxylation is 2. The Balaban J connectivity index is 0.000000195. The molecular weight excluding hydrogens is 562 g/mol. The molecule has 1 aliphatic rings. The molecule has 0 saturated heterocycles. The van der Waals surface area contributed by atoms with Gasteiger partial charge in [0.25, 0.3) is 0 Å². The van der Waals surface area contributed by atoms with Crippen molar-refractivity contribution in [1.29, 1.82) is 0 Å². The standard InChI is InChI=1S/C26H21N5.C10H8N2O2/c27-24-21(10-5-15-28-24)25-30-23-14-13-22(18-6-2-1-3-7-18)29-26(23)31(25)20-12-11-17-8-4-9-19(17)16-20;11-10-7-1-2-9(14)8(5-13)6(7)3-4-12-10/h1-3,5-7,10-16H,4,8-9H2,(H2,27,28);1-5,14H,(H2,11,12). The number of nitrogens with zero attached hydrogens (tertiary/aromatic N) is 5. The third-order valence-corrected chi connectivity index (χ3v) is 8.11. The summed E-state index contributed by atoms with van der Waals surface area (Å²) in [5, 5.41) is 10.7. The minimum atomic E-state index is -0.0434. The van der Waals surface area contributed by atoms with Crippen LogP contribution in [0.1, 0.15) is 27.9 Å². The fourth-order valence-corrected chi connectivity index (χ4v) is 5.87. The molecule has 9 nitrogen and oxygen atoms in total. The van der Waals surface area contributed by atoms with Gasteiger partial charge in [-0.25, -0.2) is 19.9 Å². The zero-order chi connectivity index (χ0) is 30.9. The lowest BCUT2D eigenvalue weighted by Gasteiger charge is -2.12. The summed E-state index contributed by atoms with van der Waals surface area (Å²) < 4.78 is 2.12. The lowest BCUT2D eigenvalue weighted by Crippen LogP contribution is -2.03. The normalized spacial score (nSPS) is 12.1. The fourth-order valence-electron chi connectivity index (χ4n) is 5.87. The molecule has 8 rings (SSSR count). The number of benzene rings is 3. The van der Waals surface area contributed by atoms with Crippen LogP contribution < -0.4 is 11.5 Å². The van der Waals surface area contributed by atoms with Gasteiger partial charge in [-0.1, -0.05) is 36.4 Å². The van der Waals surface area contributed by atoms with Gasteiger partial charge >= 0.3 is 0 Å². The zero-order valence-corrected chi connectivity index (χ0v) is 24.3. The second-order valence-electron chi connectivity index (χ2n) is 10.8. The summed E-state index contributed by atoms with van der Waals surface area (Å²) in [6.45, 7) is 0. The van der Waals surface area contributed by atoms with Crippen LogP contribution in [0.3, 0.4) is 0 Å². The van der Waals surface area contributed by atoms with E-state index in [0.717, 1.165) is 52.3 Å². The summed E-state index contributed by atoms with van der Waals surface area (Å²) in [6, 6.07) is 29.5. The van der Waals surface area contributed by atoms with E-state index in [9.17, 15) is 9.90 Å². The van der Waals surface area contributed by atoms with E-state index in [1.807, 2.05) is 42.5 Å². The van der Waals surface area contributed by atoms with Crippen molar-refractivity contribution in [2.75, 3.05) is 11.5 Å². The summed E-state index contributed by atoms with van der Waals surface area (Å²) >= 11 is 0. The fraction of sp³-hybridized carbons (Fsp3) is 0.0833. The minimum absolute atomic E-state index is 0.0434. The first-order valence-electron chi connectivity index (χ1n) is 14.6. The van der Waals surface area contributed by atoms with Gasteiger partial charge in [-0.05, 0) is 85.0 Å². The molecule has 0 fully saturated rings. The number of aromatic nitrogens is 5. The maximum Gasteiger partial charge on any atom is 0.165 e. The molecule has 0 saturated carbocycles. The molecule has 0 unspecified atom stereocenters. The number of pyridine rings is 3. The second kappa shape index (κ2) is 11.5. The molecule has 9 heteroatoms. The molecular formula is C36H29N7O2. The van der Waals surface area contributed by atoms with Crippen LogP contribution in [0.15, 0.2) is 103 Å². The van der Waals surface area contributed by atoms with Gasteiger partial charge in [-0.2, -0.15) is 0 Å². The van der Waals surface area contributed by atoms with Gasteiger partial charge in [0.1, 0.15) is 22.9 Å². The third-order valence-electron chi connectivity index (χ3n) is 8.11. The average Bonchev–Trinajstić information content (AvgIpc) is 3.70. The number of carbonyl (C=O) groups excluding carboxylic acids is 1. The molecule has 3 aromatic carbocycles. The lowest BCUT2D eigenvalue weighted by atomic mass is 10.1. The highest BCUT2D eigenvalue weighted by atomic mass is 16.3. The van der Waals surface area contributed by atoms with Crippen LogP contribution >= 0.6 is 0 Å². The lowest BCUT2D eigenvalue weighted by molar-refractivity contribution is 0.112. The molecule has 7 aromatic rings. The number of imidazole rings is 1. The number of hydrogen-bond donors (Lipinski definition) is 3. The van der Waals surface area contributed by atoms with E-state index in [0.29, 0.717) is 28.7 Å². The summed E-state index contributed by atoms with van der Waals surface area (Å²) in [5.74, 6) is 1.53. The van der Waals surface area contributed by atoms with Crippen molar-refractivity contribution >= 4 is 39.9 Å². The average molecular weight is 592 g/mol. The van der Waals surface area contributed by atoms with E-state index in [1.54, 1.807) is 18.3 Å². The Hall–Kier alpha value is -6.09. The molecule has 4 aromatic heterocycles. The zero-order valence-electron chi connectivity index (χ0n) is 24.3. The van der Waals surface area contributed by atoms with Crippen LogP contribution in [-0.4, -0.2) is 35.9 Å². The number of carbonyl (C=O) groups is 1. The van der Waals surface area contributed by atoms with E-state index >= 15 is 0 Å². The molecule has 4 heterocycles. The van der Waals surface area contributed by atoms with Crippen LogP contribution in [0, 0.1) is 0 Å². The van der Waals surface area contributed by atoms with Gasteiger partial charge in [0.2, 0.25) is 0 Å². The number of aldehydes is 1. The monoisotopic (exact) mass is 591 g/mol.